The molecule has 0 atom stereocenters. The molecule has 8 heteroatoms. The second kappa shape index (κ2) is 3.73. The Kier molecular flexibility index (Phi) is 3.16. The molecule has 0 bridgehead atoms. The molecule has 78 valence electrons. The van der Waals surface area contributed by atoms with E-state index in [1.54, 1.807) is 0 Å². The van der Waals surface area contributed by atoms with E-state index in [0.29, 0.717) is 0 Å². The van der Waals surface area contributed by atoms with E-state index >= 15 is 0 Å². The van der Waals surface area contributed by atoms with Gasteiger partial charge in [-0.3, -0.25) is 0 Å². The van der Waals surface area contributed by atoms with Crippen LogP contribution in [0.1, 0.15) is 0 Å². The maximum Gasteiger partial charge on any atom is 0.337 e. The Morgan fingerprint density at radius 1 is 1.21 bits per heavy atom. The Hall–Kier alpha value is -0.230. The molecule has 0 saturated heterocycles. The third kappa shape index (κ3) is 2.06. The van der Waals surface area contributed by atoms with Crippen molar-refractivity contribution in [3.05, 3.63) is 21.1 Å². The van der Waals surface area contributed by atoms with Gasteiger partial charge in [-0.15, -0.1) is 3.89 Å². The summed E-state index contributed by atoms with van der Waals surface area (Å²) >= 11 is 16.2. The van der Waals surface area contributed by atoms with Gasteiger partial charge in [0.15, 0.2) is 10.6 Å². The van der Waals surface area contributed by atoms with Gasteiger partial charge in [0.2, 0.25) is 0 Å². The molecule has 0 amide bonds. The molecule has 0 fully saturated rings. The third-order valence-corrected chi connectivity index (χ3v) is 3.42. The molecule has 0 aliphatic rings. The van der Waals surface area contributed by atoms with Crippen molar-refractivity contribution < 1.29 is 17.4 Å². The summed E-state index contributed by atoms with van der Waals surface area (Å²) in [4.78, 5) is -1.11. The van der Waals surface area contributed by atoms with E-state index in [4.69, 9.17) is 39.9 Å². The van der Waals surface area contributed by atoms with E-state index in [-0.39, 0.29) is 5.02 Å². The molecular weight excluding hydrogens is 277 g/mol. The number of benzene rings is 1. The Morgan fingerprint density at radius 2 is 1.71 bits per heavy atom. The highest BCUT2D eigenvalue weighted by Gasteiger charge is 2.26. The highest BCUT2D eigenvalue weighted by molar-refractivity contribution is 7.86. The lowest BCUT2D eigenvalue weighted by Gasteiger charge is -2.05. The number of aromatic hydroxyl groups is 1. The summed E-state index contributed by atoms with van der Waals surface area (Å²) in [5.41, 5.74) is 0. The van der Waals surface area contributed by atoms with E-state index in [0.717, 1.165) is 6.07 Å². The summed E-state index contributed by atoms with van der Waals surface area (Å²) in [6.45, 7) is 0. The molecule has 0 saturated carbocycles. The van der Waals surface area contributed by atoms with Crippen molar-refractivity contribution >= 4 is 45.0 Å². The number of phenols is 1. The predicted molar refractivity (Wildman–Crippen MR) is 51.4 cm³/mol. The van der Waals surface area contributed by atoms with Crippen LogP contribution >= 0.6 is 34.8 Å². The highest BCUT2D eigenvalue weighted by Crippen LogP contribution is 2.41. The van der Waals surface area contributed by atoms with Gasteiger partial charge in [-0.1, -0.05) is 34.8 Å². The van der Waals surface area contributed by atoms with E-state index in [1.807, 2.05) is 0 Å². The van der Waals surface area contributed by atoms with Crippen molar-refractivity contribution in [2.45, 2.75) is 4.90 Å². The average molecular weight is 280 g/mol. The fourth-order valence-corrected chi connectivity index (χ4v) is 2.45. The van der Waals surface area contributed by atoms with E-state index in [9.17, 15) is 12.3 Å². The van der Waals surface area contributed by atoms with E-state index in [2.05, 4.69) is 0 Å². The van der Waals surface area contributed by atoms with Crippen LogP contribution in [0.15, 0.2) is 11.0 Å². The van der Waals surface area contributed by atoms with Crippen LogP contribution < -0.4 is 0 Å². The van der Waals surface area contributed by atoms with Gasteiger partial charge in [0.25, 0.3) is 0 Å². The maximum absolute atomic E-state index is 12.6. The van der Waals surface area contributed by atoms with Crippen LogP contribution in [0.2, 0.25) is 15.1 Å². The molecular formula is C6H2Cl3FO3S. The van der Waals surface area contributed by atoms with Crippen LogP contribution in [0, 0.1) is 0 Å². The summed E-state index contributed by atoms with van der Waals surface area (Å²) in [6, 6.07) is 1.01. The van der Waals surface area contributed by atoms with Gasteiger partial charge in [0.05, 0.1) is 15.1 Å². The van der Waals surface area contributed by atoms with Gasteiger partial charge in [0, 0.05) is 0 Å². The maximum atomic E-state index is 12.6. The lowest BCUT2D eigenvalue weighted by atomic mass is 10.3. The molecule has 1 aromatic rings. The summed E-state index contributed by atoms with van der Waals surface area (Å²) in [6.07, 6.45) is 0. The predicted octanol–water partition coefficient (Wildman–Crippen LogP) is 3.01. The van der Waals surface area contributed by atoms with Gasteiger partial charge < -0.3 is 5.11 Å². The fourth-order valence-electron chi connectivity index (χ4n) is 0.786. The molecule has 0 radical (unpaired) electrons. The second-order valence-electron chi connectivity index (χ2n) is 2.27. The Bertz CT molecular complexity index is 459. The summed E-state index contributed by atoms with van der Waals surface area (Å²) < 4.78 is 33.7. The van der Waals surface area contributed by atoms with Crippen LogP contribution in [0.4, 0.5) is 3.89 Å². The van der Waals surface area contributed by atoms with E-state index in [1.165, 1.54) is 0 Å². The van der Waals surface area contributed by atoms with Crippen molar-refractivity contribution in [2.24, 2.45) is 0 Å². The van der Waals surface area contributed by atoms with Crippen molar-refractivity contribution in [3.8, 4) is 5.75 Å². The number of hydrogen-bond acceptors (Lipinski definition) is 3. The first-order chi connectivity index (χ1) is 6.25. The van der Waals surface area contributed by atoms with Gasteiger partial charge in [-0.05, 0) is 6.07 Å². The average Bonchev–Trinajstić information content (AvgIpc) is 1.98. The number of rotatable bonds is 1. The molecule has 3 nitrogen and oxygen atoms in total. The Morgan fingerprint density at radius 3 is 2.14 bits per heavy atom. The minimum atomic E-state index is -5.16. The van der Waals surface area contributed by atoms with Crippen LogP contribution in [-0.4, -0.2) is 13.5 Å². The number of hydrogen-bond donors (Lipinski definition) is 1. The van der Waals surface area contributed by atoms with Crippen LogP contribution in [0.5, 0.6) is 5.75 Å². The minimum absolute atomic E-state index is 0.259. The molecule has 1 N–H and O–H groups in total. The monoisotopic (exact) mass is 278 g/mol. The number of halogens is 4. The quantitative estimate of drug-likeness (QED) is 0.635. The zero-order valence-corrected chi connectivity index (χ0v) is 9.35. The summed E-state index contributed by atoms with van der Waals surface area (Å²) in [5, 5.41) is 7.89. The molecule has 0 aromatic heterocycles. The molecule has 1 aromatic carbocycles. The van der Waals surface area contributed by atoms with Crippen LogP contribution in [0.25, 0.3) is 0 Å². The summed E-state index contributed by atoms with van der Waals surface area (Å²) in [7, 11) is -5.16. The van der Waals surface area contributed by atoms with Crippen molar-refractivity contribution in [2.75, 3.05) is 0 Å². The lowest BCUT2D eigenvalue weighted by Crippen LogP contribution is -1.95. The van der Waals surface area contributed by atoms with Crippen molar-refractivity contribution in [1.82, 2.24) is 0 Å². The SMILES string of the molecule is O=S(=O)(F)c1c(O)c(Cl)cc(Cl)c1Cl. The van der Waals surface area contributed by atoms with Gasteiger partial charge in [-0.2, -0.15) is 8.42 Å². The van der Waals surface area contributed by atoms with Gasteiger partial charge in [-0.25, -0.2) is 0 Å². The topological polar surface area (TPSA) is 54.4 Å². The zero-order valence-electron chi connectivity index (χ0n) is 6.26. The standard InChI is InChI=1S/C6H2Cl3FO3S/c7-2-1-3(8)5(11)6(4(2)9)14(10,12)13/h1,11H. The summed E-state index contributed by atoms with van der Waals surface area (Å²) in [5.74, 6) is -0.955. The van der Waals surface area contributed by atoms with Gasteiger partial charge in [0.1, 0.15) is 0 Å². The highest BCUT2D eigenvalue weighted by atomic mass is 35.5. The van der Waals surface area contributed by atoms with Crippen LogP contribution in [0.3, 0.4) is 0 Å². The molecule has 14 heavy (non-hydrogen) atoms. The molecule has 0 spiro atoms. The van der Waals surface area contributed by atoms with E-state index < -0.39 is 30.9 Å². The van der Waals surface area contributed by atoms with Crippen molar-refractivity contribution in [1.29, 1.82) is 0 Å². The fraction of sp³-hybridized carbons (Fsp3) is 0. The van der Waals surface area contributed by atoms with Crippen molar-refractivity contribution in [3.63, 3.8) is 0 Å². The smallest absolute Gasteiger partial charge is 0.337 e. The first kappa shape index (κ1) is 11.8. The zero-order chi connectivity index (χ0) is 11.1. The van der Waals surface area contributed by atoms with Crippen LogP contribution in [-0.2, 0) is 10.2 Å². The Labute approximate surface area is 94.2 Å². The third-order valence-electron chi connectivity index (χ3n) is 1.35. The molecule has 0 unspecified atom stereocenters. The first-order valence-electron chi connectivity index (χ1n) is 3.06. The normalized spacial score (nSPS) is 11.7. The number of phenolic OH excluding ortho intramolecular Hbond substituents is 1. The Balaban J connectivity index is 3.74. The first-order valence-corrected chi connectivity index (χ1v) is 5.58. The molecule has 0 heterocycles. The minimum Gasteiger partial charge on any atom is -0.505 e. The lowest BCUT2D eigenvalue weighted by molar-refractivity contribution is 0.456. The molecule has 0 aliphatic carbocycles. The molecule has 0 aliphatic heterocycles. The molecule has 1 rings (SSSR count). The second-order valence-corrected chi connectivity index (χ2v) is 4.75. The van der Waals surface area contributed by atoms with Gasteiger partial charge >= 0.3 is 10.2 Å². The largest absolute Gasteiger partial charge is 0.505 e.